The summed E-state index contributed by atoms with van der Waals surface area (Å²) < 4.78 is 6.24. The number of hydrogen-bond donors (Lipinski definition) is 2. The van der Waals surface area contributed by atoms with Gasteiger partial charge in [-0.3, -0.25) is 14.5 Å². The number of nitrogens with zero attached hydrogens (tertiary/aromatic N) is 2. The molecule has 2 amide bonds. The maximum absolute atomic E-state index is 12.9. The van der Waals surface area contributed by atoms with Crippen molar-refractivity contribution in [3.63, 3.8) is 0 Å². The summed E-state index contributed by atoms with van der Waals surface area (Å²) in [5.74, 6) is 0.456. The molecule has 1 unspecified atom stereocenters. The molecule has 8 heteroatoms. The maximum Gasteiger partial charge on any atom is 0.257 e. The summed E-state index contributed by atoms with van der Waals surface area (Å²) in [5, 5.41) is 7.09. The molecule has 0 aliphatic rings. The molecule has 33 heavy (non-hydrogen) atoms. The number of carbonyl (C=O) groups excluding carboxylic acids is 2. The highest BCUT2D eigenvalue weighted by Gasteiger charge is 2.23. The molecule has 0 spiro atoms. The van der Waals surface area contributed by atoms with Crippen LogP contribution in [-0.4, -0.2) is 55.7 Å². The van der Waals surface area contributed by atoms with Crippen LogP contribution in [0.1, 0.15) is 49.0 Å². The monoisotopic (exact) mass is 516 g/mol. The van der Waals surface area contributed by atoms with E-state index in [4.69, 9.17) is 4.74 Å². The third-order valence-corrected chi connectivity index (χ3v) is 5.85. The van der Waals surface area contributed by atoms with Crippen LogP contribution < -0.4 is 15.5 Å². The lowest BCUT2D eigenvalue weighted by atomic mass is 10.1. The highest BCUT2D eigenvalue weighted by Crippen LogP contribution is 2.21. The van der Waals surface area contributed by atoms with Gasteiger partial charge in [-0.2, -0.15) is 5.10 Å². The zero-order chi connectivity index (χ0) is 24.1. The molecule has 2 aromatic rings. The molecule has 0 fully saturated rings. The van der Waals surface area contributed by atoms with Gasteiger partial charge in [0.1, 0.15) is 5.75 Å². The van der Waals surface area contributed by atoms with Crippen LogP contribution in [0, 0.1) is 0 Å². The first kappa shape index (κ1) is 26.5. The number of rotatable bonds is 13. The first-order valence-corrected chi connectivity index (χ1v) is 12.0. The summed E-state index contributed by atoms with van der Waals surface area (Å²) in [4.78, 5) is 27.2. The molecule has 1 atom stereocenters. The number of halogens is 1. The van der Waals surface area contributed by atoms with Crippen molar-refractivity contribution in [2.75, 3.05) is 26.7 Å². The van der Waals surface area contributed by atoms with Crippen LogP contribution in [-0.2, 0) is 4.79 Å². The quantitative estimate of drug-likeness (QED) is 0.237. The fraction of sp³-hybridized carbons (Fsp3) is 0.400. The van der Waals surface area contributed by atoms with Crippen molar-refractivity contribution in [3.8, 4) is 5.75 Å². The van der Waals surface area contributed by atoms with Crippen LogP contribution in [0.15, 0.2) is 58.1 Å². The third-order valence-electron chi connectivity index (χ3n) is 5.35. The van der Waals surface area contributed by atoms with E-state index in [2.05, 4.69) is 36.7 Å². The van der Waals surface area contributed by atoms with Crippen molar-refractivity contribution in [1.29, 1.82) is 0 Å². The Bertz CT molecular complexity index is 917. The summed E-state index contributed by atoms with van der Waals surface area (Å²) >= 11 is 3.43. The van der Waals surface area contributed by atoms with E-state index in [9.17, 15) is 9.59 Å². The van der Waals surface area contributed by atoms with Crippen LogP contribution >= 0.6 is 15.9 Å². The minimum absolute atomic E-state index is 0.0778. The van der Waals surface area contributed by atoms with Crippen LogP contribution in [0.3, 0.4) is 0 Å². The highest BCUT2D eigenvalue weighted by atomic mass is 79.9. The number of nitrogens with one attached hydrogen (secondary N) is 2. The number of carbonyl (C=O) groups is 2. The number of ether oxygens (including phenoxy) is 1. The average Bonchev–Trinajstić information content (AvgIpc) is 2.83. The van der Waals surface area contributed by atoms with Gasteiger partial charge in [0.25, 0.3) is 11.8 Å². The Kier molecular flexibility index (Phi) is 11.6. The predicted molar refractivity (Wildman–Crippen MR) is 136 cm³/mol. The van der Waals surface area contributed by atoms with Gasteiger partial charge in [0.05, 0.1) is 19.4 Å². The van der Waals surface area contributed by atoms with Gasteiger partial charge in [0.15, 0.2) is 0 Å². The second-order valence-corrected chi connectivity index (χ2v) is 8.39. The van der Waals surface area contributed by atoms with E-state index in [1.807, 2.05) is 50.2 Å². The van der Waals surface area contributed by atoms with Gasteiger partial charge >= 0.3 is 0 Å². The van der Waals surface area contributed by atoms with E-state index >= 15 is 0 Å². The smallest absolute Gasteiger partial charge is 0.257 e. The number of likely N-dealkylation sites (N-methyl/N-ethyl adjacent to an activating group) is 1. The first-order chi connectivity index (χ1) is 16.0. The standard InChI is InChI=1S/C25H33BrN4O3/c1-4-30(5-2)22(13-9-10-16-27-24(31)19-11-7-6-8-12-19)25(32)29-28-18-20-17-21(26)14-15-23(20)33-3/h6-8,11-12,14-15,17-18,22H,4-5,9-10,13,16H2,1-3H3,(H,27,31)(H,29,32)/b28-18+. The first-order valence-electron chi connectivity index (χ1n) is 11.2. The molecule has 0 saturated carbocycles. The molecule has 0 saturated heterocycles. The van der Waals surface area contributed by atoms with E-state index in [0.717, 1.165) is 36.0 Å². The predicted octanol–water partition coefficient (Wildman–Crippen LogP) is 4.22. The zero-order valence-electron chi connectivity index (χ0n) is 19.5. The van der Waals surface area contributed by atoms with E-state index in [0.29, 0.717) is 24.3 Å². The molecule has 0 aliphatic heterocycles. The van der Waals surface area contributed by atoms with Crippen LogP contribution in [0.2, 0.25) is 0 Å². The molecule has 0 aliphatic carbocycles. The minimum atomic E-state index is -0.286. The molecule has 7 nitrogen and oxygen atoms in total. The Morgan fingerprint density at radius 2 is 1.85 bits per heavy atom. The van der Waals surface area contributed by atoms with Gasteiger partial charge in [0, 0.05) is 22.1 Å². The number of hydrazone groups is 1. The fourth-order valence-electron chi connectivity index (χ4n) is 3.55. The lowest BCUT2D eigenvalue weighted by Crippen LogP contribution is -2.45. The minimum Gasteiger partial charge on any atom is -0.496 e. The Hall–Kier alpha value is -2.71. The second kappa shape index (κ2) is 14.4. The summed E-state index contributed by atoms with van der Waals surface area (Å²) in [6.45, 7) is 6.19. The van der Waals surface area contributed by atoms with E-state index < -0.39 is 0 Å². The van der Waals surface area contributed by atoms with Crippen molar-refractivity contribution in [2.24, 2.45) is 5.10 Å². The topological polar surface area (TPSA) is 83.0 Å². The molecular weight excluding hydrogens is 484 g/mol. The SMILES string of the molecule is CCN(CC)C(CCCCNC(=O)c1ccccc1)C(=O)N/N=C/c1cc(Br)ccc1OC. The van der Waals surface area contributed by atoms with Gasteiger partial charge in [-0.1, -0.05) is 48.0 Å². The van der Waals surface area contributed by atoms with Crippen LogP contribution in [0.25, 0.3) is 0 Å². The molecular formula is C25H33BrN4O3. The fourth-order valence-corrected chi connectivity index (χ4v) is 3.92. The normalized spacial score (nSPS) is 12.0. The molecule has 2 aromatic carbocycles. The van der Waals surface area contributed by atoms with Crippen molar-refractivity contribution < 1.29 is 14.3 Å². The Labute approximate surface area is 204 Å². The summed E-state index contributed by atoms with van der Waals surface area (Å²) in [6.07, 6.45) is 3.87. The number of benzene rings is 2. The van der Waals surface area contributed by atoms with Crippen molar-refractivity contribution >= 4 is 34.0 Å². The Balaban J connectivity index is 1.88. The second-order valence-electron chi connectivity index (χ2n) is 7.48. The van der Waals surface area contributed by atoms with Crippen LogP contribution in [0.4, 0.5) is 0 Å². The molecule has 178 valence electrons. The highest BCUT2D eigenvalue weighted by molar-refractivity contribution is 9.10. The largest absolute Gasteiger partial charge is 0.496 e. The van der Waals surface area contributed by atoms with E-state index in [1.54, 1.807) is 25.5 Å². The number of unbranched alkanes of at least 4 members (excludes halogenated alkanes) is 1. The molecule has 0 aromatic heterocycles. The van der Waals surface area contributed by atoms with Gasteiger partial charge in [-0.05, 0) is 62.7 Å². The summed E-state index contributed by atoms with van der Waals surface area (Å²) in [7, 11) is 1.60. The van der Waals surface area contributed by atoms with Gasteiger partial charge < -0.3 is 10.1 Å². The molecule has 0 bridgehead atoms. The molecule has 2 N–H and O–H groups in total. The Morgan fingerprint density at radius 3 is 2.52 bits per heavy atom. The molecule has 0 heterocycles. The van der Waals surface area contributed by atoms with Gasteiger partial charge in [0.2, 0.25) is 0 Å². The van der Waals surface area contributed by atoms with Gasteiger partial charge in [-0.25, -0.2) is 5.43 Å². The summed E-state index contributed by atoms with van der Waals surface area (Å²) in [5.41, 5.74) is 4.10. The lowest BCUT2D eigenvalue weighted by Gasteiger charge is -2.28. The molecule has 0 radical (unpaired) electrons. The van der Waals surface area contributed by atoms with E-state index in [1.165, 1.54) is 0 Å². The molecule has 2 rings (SSSR count). The number of amides is 2. The zero-order valence-corrected chi connectivity index (χ0v) is 21.1. The lowest BCUT2D eigenvalue weighted by molar-refractivity contribution is -0.126. The maximum atomic E-state index is 12.9. The van der Waals surface area contributed by atoms with E-state index in [-0.39, 0.29) is 17.9 Å². The Morgan fingerprint density at radius 1 is 1.12 bits per heavy atom. The van der Waals surface area contributed by atoms with Crippen molar-refractivity contribution in [2.45, 2.75) is 39.2 Å². The van der Waals surface area contributed by atoms with Gasteiger partial charge in [-0.15, -0.1) is 0 Å². The van der Waals surface area contributed by atoms with Crippen molar-refractivity contribution in [3.05, 3.63) is 64.1 Å². The van der Waals surface area contributed by atoms with Crippen LogP contribution in [0.5, 0.6) is 5.75 Å². The van der Waals surface area contributed by atoms with Crippen molar-refractivity contribution in [1.82, 2.24) is 15.6 Å². The number of hydrogen-bond acceptors (Lipinski definition) is 5. The summed E-state index contributed by atoms with van der Waals surface area (Å²) in [6, 6.07) is 14.5. The average molecular weight is 517 g/mol. The number of methoxy groups -OCH3 is 1. The third kappa shape index (κ3) is 8.63.